The van der Waals surface area contributed by atoms with Crippen molar-refractivity contribution in [3.05, 3.63) is 84.2 Å². The number of fused-ring (bicyclic) bond motifs is 1. The largest absolute Gasteiger partial charge is 0.399 e. The number of piperidine rings is 1. The maximum Gasteiger partial charge on any atom is 0.0828 e. The summed E-state index contributed by atoms with van der Waals surface area (Å²) < 4.78 is 1.87. The number of nitrogens with two attached hydrogens (primary N) is 1. The van der Waals surface area contributed by atoms with Crippen LogP contribution in [0.3, 0.4) is 0 Å². The van der Waals surface area contributed by atoms with Gasteiger partial charge in [-0.05, 0) is 68.4 Å². The Morgan fingerprint density at radius 2 is 1.82 bits per heavy atom. The Hall–Kier alpha value is -3.08. The predicted octanol–water partition coefficient (Wildman–Crippen LogP) is 8.17. The first-order chi connectivity index (χ1) is 18.4. The number of hydrogen-bond donors (Lipinski definition) is 1. The van der Waals surface area contributed by atoms with Crippen LogP contribution in [0.2, 0.25) is 0 Å². The highest BCUT2D eigenvalue weighted by atomic mass is 15.3. The van der Waals surface area contributed by atoms with E-state index in [0.29, 0.717) is 12.5 Å². The third-order valence-corrected chi connectivity index (χ3v) is 7.07. The molecule has 3 atom stereocenters. The number of aliphatic imine (C=N–C) groups is 1. The number of allylic oxidation sites excluding steroid dienone is 7. The van der Waals surface area contributed by atoms with Gasteiger partial charge >= 0.3 is 0 Å². The Morgan fingerprint density at radius 1 is 1.16 bits per heavy atom. The van der Waals surface area contributed by atoms with Gasteiger partial charge < -0.3 is 10.6 Å². The molecule has 2 aliphatic carbocycles. The maximum atomic E-state index is 5.75. The molecule has 0 bridgehead atoms. The van der Waals surface area contributed by atoms with Gasteiger partial charge in [0.1, 0.15) is 0 Å². The zero-order valence-electron chi connectivity index (χ0n) is 25.2. The summed E-state index contributed by atoms with van der Waals surface area (Å²) in [5, 5.41) is 4.29. The van der Waals surface area contributed by atoms with E-state index < -0.39 is 0 Å². The van der Waals surface area contributed by atoms with E-state index in [1.165, 1.54) is 30.4 Å². The minimum atomic E-state index is 0.666. The molecule has 5 nitrogen and oxygen atoms in total. The van der Waals surface area contributed by atoms with Crippen molar-refractivity contribution in [3.8, 4) is 0 Å². The van der Waals surface area contributed by atoms with E-state index in [2.05, 4.69) is 60.7 Å². The quantitative estimate of drug-likeness (QED) is 0.335. The highest BCUT2D eigenvalue weighted by molar-refractivity contribution is 5.77. The summed E-state index contributed by atoms with van der Waals surface area (Å²) in [6.45, 7) is 29.0. The monoisotopic (exact) mass is 519 g/mol. The lowest BCUT2D eigenvalue weighted by molar-refractivity contribution is 0.403. The van der Waals surface area contributed by atoms with Gasteiger partial charge in [-0.3, -0.25) is 9.67 Å². The minimum absolute atomic E-state index is 0.666. The van der Waals surface area contributed by atoms with Gasteiger partial charge in [-0.15, -0.1) is 0 Å². The summed E-state index contributed by atoms with van der Waals surface area (Å²) in [4.78, 5) is 6.91. The molecule has 5 heteroatoms. The second kappa shape index (κ2) is 17.4. The normalized spacial score (nSPS) is 21.7. The molecule has 1 aromatic heterocycles. The van der Waals surface area contributed by atoms with E-state index in [1.54, 1.807) is 12.3 Å². The summed E-state index contributed by atoms with van der Waals surface area (Å²) in [6.07, 6.45) is 18.7. The molecule has 0 aromatic carbocycles. The van der Waals surface area contributed by atoms with Crippen LogP contribution in [0.25, 0.3) is 6.08 Å². The standard InChI is InChI=1S/C17H22N4.C12H19N.2C2H6/c1-4-14-8-19-21(9-14)12-17(5-2)18-7-13(3)20-10-15-6-16(15)11-20;1-4-6-12-10(5-2)7-8-11(12)9(3)13;2*1-2/h4-5,7-9,15-16H,1,3,6,10-12H2,2H3;4,6,10H,3,5,7-8,13H2,1-2H3;2*1-2H3/b17-5-,18-7?;6-4-;;. The van der Waals surface area contributed by atoms with Crippen LogP contribution in [0.1, 0.15) is 79.7 Å². The summed E-state index contributed by atoms with van der Waals surface area (Å²) >= 11 is 0. The van der Waals surface area contributed by atoms with Gasteiger partial charge in [-0.2, -0.15) is 5.10 Å². The fraction of sp³-hybridized carbons (Fsp3) is 0.515. The first-order valence-corrected chi connectivity index (χ1v) is 14.5. The SMILES string of the molecule is C=C(N)C1=C(/C=C\C)C(CC)CC1.C=Cc1cnn(C/C(=C/C)N=CC(=C)N2CC3CC3C2)c1.CC.CC. The molecule has 0 amide bonds. The molecule has 4 rings (SSSR count). The lowest BCUT2D eigenvalue weighted by atomic mass is 9.97. The zero-order valence-corrected chi connectivity index (χ0v) is 25.2. The van der Waals surface area contributed by atoms with Gasteiger partial charge in [0.25, 0.3) is 0 Å². The highest BCUT2D eigenvalue weighted by Crippen LogP contribution is 2.45. The summed E-state index contributed by atoms with van der Waals surface area (Å²) in [6, 6.07) is 0. The topological polar surface area (TPSA) is 59.4 Å². The van der Waals surface area contributed by atoms with E-state index in [9.17, 15) is 0 Å². The third-order valence-electron chi connectivity index (χ3n) is 7.07. The van der Waals surface area contributed by atoms with E-state index in [-0.39, 0.29) is 0 Å². The molecule has 38 heavy (non-hydrogen) atoms. The summed E-state index contributed by atoms with van der Waals surface area (Å²) in [5.74, 6) is 2.53. The van der Waals surface area contributed by atoms with Crippen LogP contribution >= 0.6 is 0 Å². The second-order valence-corrected chi connectivity index (χ2v) is 9.47. The van der Waals surface area contributed by atoms with Crippen LogP contribution < -0.4 is 5.73 Å². The van der Waals surface area contributed by atoms with Crippen molar-refractivity contribution in [2.45, 2.75) is 80.7 Å². The zero-order chi connectivity index (χ0) is 28.7. The van der Waals surface area contributed by atoms with Crippen LogP contribution in [-0.4, -0.2) is 34.0 Å². The van der Waals surface area contributed by atoms with E-state index in [0.717, 1.165) is 54.0 Å². The molecule has 1 aliphatic heterocycles. The number of hydrogen-bond acceptors (Lipinski definition) is 4. The Kier molecular flexibility index (Phi) is 15.1. The molecule has 2 N–H and O–H groups in total. The van der Waals surface area contributed by atoms with Crippen molar-refractivity contribution in [1.29, 1.82) is 0 Å². The van der Waals surface area contributed by atoms with Gasteiger partial charge in [-0.1, -0.05) is 78.7 Å². The molecule has 1 aromatic rings. The van der Waals surface area contributed by atoms with Crippen LogP contribution in [-0.2, 0) is 6.54 Å². The Morgan fingerprint density at radius 3 is 2.32 bits per heavy atom. The Balaban J connectivity index is 0.000000366. The number of likely N-dealkylation sites (tertiary alicyclic amines) is 1. The lowest BCUT2D eigenvalue weighted by Gasteiger charge is -2.19. The van der Waals surface area contributed by atoms with E-state index in [4.69, 9.17) is 5.73 Å². The summed E-state index contributed by atoms with van der Waals surface area (Å²) in [7, 11) is 0. The Labute approximate surface area is 233 Å². The molecule has 2 fully saturated rings. The van der Waals surface area contributed by atoms with E-state index >= 15 is 0 Å². The molecular formula is C33H53N5. The molecule has 0 spiro atoms. The first kappa shape index (κ1) is 32.9. The van der Waals surface area contributed by atoms with Crippen LogP contribution in [0, 0.1) is 17.8 Å². The van der Waals surface area contributed by atoms with E-state index in [1.807, 2.05) is 57.8 Å². The average Bonchev–Trinajstić information content (AvgIpc) is 3.31. The van der Waals surface area contributed by atoms with Gasteiger partial charge in [0.05, 0.1) is 18.4 Å². The van der Waals surface area contributed by atoms with Crippen molar-refractivity contribution >= 4 is 12.3 Å². The van der Waals surface area contributed by atoms with Gasteiger partial charge in [0.2, 0.25) is 0 Å². The van der Waals surface area contributed by atoms with Crippen LogP contribution in [0.5, 0.6) is 0 Å². The molecule has 3 unspecified atom stereocenters. The summed E-state index contributed by atoms with van der Waals surface area (Å²) in [5.41, 5.74) is 12.2. The number of aromatic nitrogens is 2. The fourth-order valence-electron chi connectivity index (χ4n) is 4.87. The molecule has 3 aliphatic rings. The first-order valence-electron chi connectivity index (χ1n) is 14.5. The molecule has 210 valence electrons. The number of nitrogens with zero attached hydrogens (tertiary/aromatic N) is 4. The minimum Gasteiger partial charge on any atom is -0.399 e. The number of rotatable bonds is 9. The average molecular weight is 520 g/mol. The fourth-order valence-corrected chi connectivity index (χ4v) is 4.87. The lowest BCUT2D eigenvalue weighted by Crippen LogP contribution is -2.22. The van der Waals surface area contributed by atoms with Crippen molar-refractivity contribution in [1.82, 2.24) is 14.7 Å². The Bertz CT molecular complexity index is 1010. The molecule has 1 saturated heterocycles. The van der Waals surface area contributed by atoms with Crippen molar-refractivity contribution in [3.63, 3.8) is 0 Å². The molecule has 2 heterocycles. The molecule has 1 saturated carbocycles. The predicted molar refractivity (Wildman–Crippen MR) is 168 cm³/mol. The highest BCUT2D eigenvalue weighted by Gasteiger charge is 2.45. The van der Waals surface area contributed by atoms with Crippen molar-refractivity contribution in [2.75, 3.05) is 13.1 Å². The molecular weight excluding hydrogens is 466 g/mol. The maximum absolute atomic E-state index is 5.75. The van der Waals surface area contributed by atoms with Gasteiger partial charge in [-0.25, -0.2) is 0 Å². The van der Waals surface area contributed by atoms with Crippen LogP contribution in [0.15, 0.2) is 83.6 Å². The third kappa shape index (κ3) is 9.66. The smallest absolute Gasteiger partial charge is 0.0828 e. The van der Waals surface area contributed by atoms with Crippen LogP contribution in [0.4, 0.5) is 0 Å². The van der Waals surface area contributed by atoms with Crippen molar-refractivity contribution in [2.24, 2.45) is 28.5 Å². The second-order valence-electron chi connectivity index (χ2n) is 9.47. The molecule has 0 radical (unpaired) electrons. The van der Waals surface area contributed by atoms with Gasteiger partial charge in [0, 0.05) is 42.5 Å². The van der Waals surface area contributed by atoms with Gasteiger partial charge in [0.15, 0.2) is 0 Å². The van der Waals surface area contributed by atoms with Crippen molar-refractivity contribution < 1.29 is 0 Å².